The zero-order valence-corrected chi connectivity index (χ0v) is 13.0. The SMILES string of the molecule is O=[N+]([O-])c1ccc([C@@H]2CC(O)OC3=C2c2ccccc2CC3)cc1. The molecule has 0 fully saturated rings. The van der Waals surface area contributed by atoms with Crippen LogP contribution in [0.3, 0.4) is 0 Å². The van der Waals surface area contributed by atoms with Gasteiger partial charge in [-0.15, -0.1) is 0 Å². The summed E-state index contributed by atoms with van der Waals surface area (Å²) in [6.45, 7) is 0. The molecule has 0 saturated heterocycles. The first-order chi connectivity index (χ1) is 11.6. The fourth-order valence-corrected chi connectivity index (χ4v) is 3.70. The number of fused-ring (bicyclic) bond motifs is 2. The van der Waals surface area contributed by atoms with E-state index in [1.165, 1.54) is 17.7 Å². The molecule has 1 unspecified atom stereocenters. The van der Waals surface area contributed by atoms with Crippen molar-refractivity contribution >= 4 is 11.3 Å². The van der Waals surface area contributed by atoms with E-state index in [0.717, 1.165) is 35.3 Å². The summed E-state index contributed by atoms with van der Waals surface area (Å²) in [5.41, 5.74) is 4.59. The van der Waals surface area contributed by atoms with Crippen LogP contribution in [0.15, 0.2) is 54.3 Å². The van der Waals surface area contributed by atoms with Crippen LogP contribution in [-0.4, -0.2) is 16.3 Å². The molecule has 0 radical (unpaired) electrons. The zero-order chi connectivity index (χ0) is 16.7. The molecule has 0 saturated carbocycles. The van der Waals surface area contributed by atoms with Crippen molar-refractivity contribution in [2.24, 2.45) is 0 Å². The number of rotatable bonds is 2. The lowest BCUT2D eigenvalue weighted by Crippen LogP contribution is -2.26. The van der Waals surface area contributed by atoms with E-state index >= 15 is 0 Å². The minimum atomic E-state index is -0.839. The number of hydrogen-bond acceptors (Lipinski definition) is 4. The second kappa shape index (κ2) is 5.76. The maximum Gasteiger partial charge on any atom is 0.269 e. The quantitative estimate of drug-likeness (QED) is 0.674. The van der Waals surface area contributed by atoms with Gasteiger partial charge in [-0.3, -0.25) is 10.1 Å². The van der Waals surface area contributed by atoms with Crippen LogP contribution < -0.4 is 0 Å². The van der Waals surface area contributed by atoms with Crippen molar-refractivity contribution < 1.29 is 14.8 Å². The predicted octanol–water partition coefficient (Wildman–Crippen LogP) is 3.77. The number of aliphatic hydroxyl groups excluding tert-OH is 1. The minimum Gasteiger partial charge on any atom is -0.469 e. The monoisotopic (exact) mass is 323 g/mol. The Hall–Kier alpha value is -2.66. The number of nitro groups is 1. The lowest BCUT2D eigenvalue weighted by molar-refractivity contribution is -0.384. The summed E-state index contributed by atoms with van der Waals surface area (Å²) in [6, 6.07) is 14.8. The van der Waals surface area contributed by atoms with Crippen LogP contribution in [-0.2, 0) is 11.2 Å². The first-order valence-electron chi connectivity index (χ1n) is 8.04. The first-order valence-corrected chi connectivity index (χ1v) is 8.04. The molecule has 0 amide bonds. The summed E-state index contributed by atoms with van der Waals surface area (Å²) in [7, 11) is 0. The van der Waals surface area contributed by atoms with Crippen LogP contribution in [0, 0.1) is 10.1 Å². The molecule has 5 heteroatoms. The van der Waals surface area contributed by atoms with Gasteiger partial charge in [-0.1, -0.05) is 36.4 Å². The molecule has 1 aliphatic heterocycles. The number of aliphatic hydroxyl groups is 1. The summed E-state index contributed by atoms with van der Waals surface area (Å²) in [5.74, 6) is 0.821. The number of aryl methyl sites for hydroxylation is 1. The highest BCUT2D eigenvalue weighted by molar-refractivity contribution is 5.77. The average molecular weight is 323 g/mol. The third-order valence-corrected chi connectivity index (χ3v) is 4.80. The number of hydrogen-bond donors (Lipinski definition) is 1. The average Bonchev–Trinajstić information content (AvgIpc) is 2.60. The summed E-state index contributed by atoms with van der Waals surface area (Å²) < 4.78 is 5.69. The molecule has 122 valence electrons. The van der Waals surface area contributed by atoms with Crippen molar-refractivity contribution in [3.8, 4) is 0 Å². The molecular weight excluding hydrogens is 306 g/mol. The first kappa shape index (κ1) is 14.9. The molecule has 1 aliphatic carbocycles. The normalized spacial score (nSPS) is 22.4. The van der Waals surface area contributed by atoms with Gasteiger partial charge < -0.3 is 9.84 Å². The molecule has 0 aromatic heterocycles. The molecule has 24 heavy (non-hydrogen) atoms. The predicted molar refractivity (Wildman–Crippen MR) is 89.2 cm³/mol. The molecule has 1 N–H and O–H groups in total. The van der Waals surface area contributed by atoms with Gasteiger partial charge >= 0.3 is 0 Å². The molecule has 2 aromatic carbocycles. The van der Waals surface area contributed by atoms with E-state index < -0.39 is 11.2 Å². The lowest BCUT2D eigenvalue weighted by atomic mass is 9.77. The van der Waals surface area contributed by atoms with Crippen molar-refractivity contribution in [1.82, 2.24) is 0 Å². The van der Waals surface area contributed by atoms with Gasteiger partial charge in [0.25, 0.3) is 5.69 Å². The fourth-order valence-electron chi connectivity index (χ4n) is 3.70. The van der Waals surface area contributed by atoms with E-state index in [2.05, 4.69) is 12.1 Å². The maximum atomic E-state index is 10.9. The van der Waals surface area contributed by atoms with Gasteiger partial charge in [-0.05, 0) is 23.1 Å². The van der Waals surface area contributed by atoms with Gasteiger partial charge in [0.15, 0.2) is 6.29 Å². The Labute approximate surface area is 139 Å². The topological polar surface area (TPSA) is 72.6 Å². The number of benzene rings is 2. The Balaban J connectivity index is 1.80. The Bertz CT molecular complexity index is 826. The fraction of sp³-hybridized carbons (Fsp3) is 0.263. The van der Waals surface area contributed by atoms with Gasteiger partial charge in [0.2, 0.25) is 0 Å². The molecule has 5 nitrogen and oxygen atoms in total. The third kappa shape index (κ3) is 2.47. The highest BCUT2D eigenvalue weighted by Crippen LogP contribution is 2.46. The Kier molecular flexibility index (Phi) is 3.58. The second-order valence-corrected chi connectivity index (χ2v) is 6.20. The summed E-state index contributed by atoms with van der Waals surface area (Å²) >= 11 is 0. The number of non-ortho nitro benzene ring substituents is 1. The Morgan fingerprint density at radius 2 is 1.83 bits per heavy atom. The molecule has 0 bridgehead atoms. The van der Waals surface area contributed by atoms with Gasteiger partial charge in [-0.25, -0.2) is 0 Å². The smallest absolute Gasteiger partial charge is 0.269 e. The van der Waals surface area contributed by atoms with Crippen LogP contribution in [0.25, 0.3) is 5.57 Å². The molecule has 0 spiro atoms. The van der Waals surface area contributed by atoms with E-state index in [0.29, 0.717) is 6.42 Å². The Morgan fingerprint density at radius 3 is 2.58 bits per heavy atom. The van der Waals surface area contributed by atoms with Gasteiger partial charge in [0, 0.05) is 36.5 Å². The molecule has 1 heterocycles. The highest BCUT2D eigenvalue weighted by atomic mass is 16.6. The van der Waals surface area contributed by atoms with Crippen LogP contribution in [0.4, 0.5) is 5.69 Å². The minimum absolute atomic E-state index is 0.0222. The van der Waals surface area contributed by atoms with Crippen LogP contribution in [0.2, 0.25) is 0 Å². The van der Waals surface area contributed by atoms with E-state index in [1.54, 1.807) is 12.1 Å². The van der Waals surface area contributed by atoms with E-state index in [4.69, 9.17) is 4.74 Å². The lowest BCUT2D eigenvalue weighted by Gasteiger charge is -2.36. The van der Waals surface area contributed by atoms with Crippen molar-refractivity contribution in [2.45, 2.75) is 31.5 Å². The van der Waals surface area contributed by atoms with Crippen LogP contribution >= 0.6 is 0 Å². The molecular formula is C19H17NO4. The van der Waals surface area contributed by atoms with E-state index in [9.17, 15) is 15.2 Å². The number of ether oxygens (including phenoxy) is 1. The molecule has 4 rings (SSSR count). The van der Waals surface area contributed by atoms with Crippen LogP contribution in [0.5, 0.6) is 0 Å². The van der Waals surface area contributed by atoms with Crippen LogP contribution in [0.1, 0.15) is 35.4 Å². The number of nitro benzene ring substituents is 1. The number of nitrogens with zero attached hydrogens (tertiary/aromatic N) is 1. The van der Waals surface area contributed by atoms with Gasteiger partial charge in [0.05, 0.1) is 4.92 Å². The third-order valence-electron chi connectivity index (χ3n) is 4.80. The molecule has 2 aliphatic rings. The van der Waals surface area contributed by atoms with Gasteiger partial charge in [-0.2, -0.15) is 0 Å². The Morgan fingerprint density at radius 1 is 1.08 bits per heavy atom. The van der Waals surface area contributed by atoms with Gasteiger partial charge in [0.1, 0.15) is 5.76 Å². The van der Waals surface area contributed by atoms with Crippen molar-refractivity contribution in [3.63, 3.8) is 0 Å². The van der Waals surface area contributed by atoms with Crippen molar-refractivity contribution in [1.29, 1.82) is 0 Å². The second-order valence-electron chi connectivity index (χ2n) is 6.20. The highest BCUT2D eigenvalue weighted by Gasteiger charge is 2.34. The maximum absolute atomic E-state index is 10.9. The van der Waals surface area contributed by atoms with Crippen molar-refractivity contribution in [3.05, 3.63) is 81.1 Å². The van der Waals surface area contributed by atoms with E-state index in [1.807, 2.05) is 12.1 Å². The zero-order valence-electron chi connectivity index (χ0n) is 13.0. The summed E-state index contributed by atoms with van der Waals surface area (Å²) in [5, 5.41) is 21.0. The number of allylic oxidation sites excluding steroid dienone is 2. The van der Waals surface area contributed by atoms with E-state index in [-0.39, 0.29) is 11.6 Å². The van der Waals surface area contributed by atoms with Crippen molar-refractivity contribution in [2.75, 3.05) is 0 Å². The molecule has 2 aromatic rings. The summed E-state index contributed by atoms with van der Waals surface area (Å²) in [4.78, 5) is 10.5. The molecule has 2 atom stereocenters. The standard InChI is InChI=1S/C19H17NO4/c21-18-11-16(13-5-8-14(9-6-13)20(22)23)19-15-4-2-1-3-12(15)7-10-17(19)24-18/h1-6,8-9,16,18,21H,7,10-11H2/t16-,18?/m0/s1. The summed E-state index contributed by atoms with van der Waals surface area (Å²) in [6.07, 6.45) is 1.28. The largest absolute Gasteiger partial charge is 0.469 e.